The van der Waals surface area contributed by atoms with Gasteiger partial charge in [-0.25, -0.2) is 4.98 Å². The third kappa shape index (κ3) is 5.16. The maximum Gasteiger partial charge on any atom is 0.224 e. The van der Waals surface area contributed by atoms with Crippen LogP contribution in [0.2, 0.25) is 5.02 Å². The number of carbonyl (C=O) groups is 1. The number of hydrogen-bond acceptors (Lipinski definition) is 6. The second-order valence-corrected chi connectivity index (χ2v) is 7.53. The zero-order valence-electron chi connectivity index (χ0n) is 14.8. The fourth-order valence-electron chi connectivity index (χ4n) is 3.02. The molecule has 2 heterocycles. The molecule has 1 fully saturated rings. The van der Waals surface area contributed by atoms with Gasteiger partial charge in [0, 0.05) is 49.7 Å². The Morgan fingerprint density at radius 2 is 2.23 bits per heavy atom. The van der Waals surface area contributed by atoms with Gasteiger partial charge in [0.25, 0.3) is 0 Å². The summed E-state index contributed by atoms with van der Waals surface area (Å²) in [7, 11) is 1.63. The number of nitrogens with one attached hydrogen (secondary N) is 1. The molecule has 1 aliphatic heterocycles. The van der Waals surface area contributed by atoms with Gasteiger partial charge in [-0.05, 0) is 30.5 Å². The van der Waals surface area contributed by atoms with E-state index in [9.17, 15) is 4.79 Å². The van der Waals surface area contributed by atoms with E-state index in [0.717, 1.165) is 40.9 Å². The summed E-state index contributed by atoms with van der Waals surface area (Å²) in [6, 6.07) is 7.73. The highest BCUT2D eigenvalue weighted by Crippen LogP contribution is 2.25. The molecule has 140 valence electrons. The molecule has 0 aliphatic carbocycles. The summed E-state index contributed by atoms with van der Waals surface area (Å²) in [5.41, 5.74) is 1.13. The maximum atomic E-state index is 12.3. The number of hydrogen-bond donors (Lipinski definition) is 1. The first-order valence-electron chi connectivity index (χ1n) is 8.74. The van der Waals surface area contributed by atoms with Crippen molar-refractivity contribution in [3.8, 4) is 0 Å². The Kier molecular flexibility index (Phi) is 6.82. The van der Waals surface area contributed by atoms with Gasteiger partial charge in [0.2, 0.25) is 11.0 Å². The number of aromatic nitrogens is 2. The van der Waals surface area contributed by atoms with Gasteiger partial charge in [0.05, 0.1) is 12.5 Å². The van der Waals surface area contributed by atoms with Gasteiger partial charge in [-0.1, -0.05) is 23.7 Å². The normalized spacial score (nSPS) is 17.3. The van der Waals surface area contributed by atoms with Crippen molar-refractivity contribution >= 4 is 34.2 Å². The van der Waals surface area contributed by atoms with Crippen molar-refractivity contribution < 1.29 is 9.53 Å². The molecule has 1 saturated heterocycles. The van der Waals surface area contributed by atoms with Crippen LogP contribution in [0.5, 0.6) is 0 Å². The molecule has 3 rings (SSSR count). The van der Waals surface area contributed by atoms with Crippen molar-refractivity contribution in [2.75, 3.05) is 38.3 Å². The third-order valence-corrected chi connectivity index (χ3v) is 5.47. The topological polar surface area (TPSA) is 67.3 Å². The summed E-state index contributed by atoms with van der Waals surface area (Å²) in [6.07, 6.45) is 2.57. The molecular formula is C18H23ClN4O2S. The average molecular weight is 395 g/mol. The van der Waals surface area contributed by atoms with Crippen molar-refractivity contribution in [3.05, 3.63) is 40.7 Å². The Labute approximate surface area is 162 Å². The number of halogens is 1. The van der Waals surface area contributed by atoms with E-state index in [1.165, 1.54) is 11.5 Å². The molecule has 1 aromatic heterocycles. The lowest BCUT2D eigenvalue weighted by Crippen LogP contribution is -2.43. The van der Waals surface area contributed by atoms with E-state index >= 15 is 0 Å². The molecule has 2 aromatic rings. The van der Waals surface area contributed by atoms with Crippen LogP contribution in [-0.2, 0) is 16.0 Å². The Balaban J connectivity index is 1.57. The number of piperidine rings is 1. The Morgan fingerprint density at radius 1 is 1.42 bits per heavy atom. The van der Waals surface area contributed by atoms with Crippen LogP contribution in [0.1, 0.15) is 24.2 Å². The SMILES string of the molecule is COCCNC(=O)[C@H]1CCCN(c2nc(Cc3ccc(Cl)cc3)ns2)C1. The molecule has 1 aliphatic rings. The molecular weight excluding hydrogens is 372 g/mol. The number of ether oxygens (including phenoxy) is 1. The number of methoxy groups -OCH3 is 1. The zero-order chi connectivity index (χ0) is 18.4. The fraction of sp³-hybridized carbons (Fsp3) is 0.500. The minimum absolute atomic E-state index is 0.00998. The van der Waals surface area contributed by atoms with E-state index in [0.29, 0.717) is 26.1 Å². The number of nitrogens with zero attached hydrogens (tertiary/aromatic N) is 3. The number of amides is 1. The van der Waals surface area contributed by atoms with Crippen molar-refractivity contribution in [2.45, 2.75) is 19.3 Å². The smallest absolute Gasteiger partial charge is 0.224 e. The van der Waals surface area contributed by atoms with Crippen LogP contribution in [-0.4, -0.2) is 48.6 Å². The molecule has 0 saturated carbocycles. The highest BCUT2D eigenvalue weighted by atomic mass is 35.5. The predicted molar refractivity (Wildman–Crippen MR) is 104 cm³/mol. The Morgan fingerprint density at radius 3 is 3.00 bits per heavy atom. The van der Waals surface area contributed by atoms with Gasteiger partial charge in [-0.15, -0.1) is 0 Å². The van der Waals surface area contributed by atoms with Crippen molar-refractivity contribution in [1.29, 1.82) is 0 Å². The maximum absolute atomic E-state index is 12.3. The quantitative estimate of drug-likeness (QED) is 0.731. The summed E-state index contributed by atoms with van der Waals surface area (Å²) in [5, 5.41) is 4.55. The Hall–Kier alpha value is -1.70. The largest absolute Gasteiger partial charge is 0.383 e. The van der Waals surface area contributed by atoms with Crippen LogP contribution in [0.3, 0.4) is 0 Å². The number of rotatable bonds is 7. The van der Waals surface area contributed by atoms with Crippen LogP contribution < -0.4 is 10.2 Å². The monoisotopic (exact) mass is 394 g/mol. The average Bonchev–Trinajstić information content (AvgIpc) is 3.12. The second-order valence-electron chi connectivity index (χ2n) is 6.37. The zero-order valence-corrected chi connectivity index (χ0v) is 16.4. The van der Waals surface area contributed by atoms with Gasteiger partial charge < -0.3 is 15.0 Å². The van der Waals surface area contributed by atoms with E-state index in [1.807, 2.05) is 24.3 Å². The summed E-state index contributed by atoms with van der Waals surface area (Å²) in [6.45, 7) is 2.69. The molecule has 0 radical (unpaired) electrons. The predicted octanol–water partition coefficient (Wildman–Crippen LogP) is 2.76. The molecule has 26 heavy (non-hydrogen) atoms. The van der Waals surface area contributed by atoms with E-state index in [1.54, 1.807) is 7.11 Å². The number of carbonyl (C=O) groups excluding carboxylic acids is 1. The highest BCUT2D eigenvalue weighted by molar-refractivity contribution is 7.09. The molecule has 1 amide bonds. The third-order valence-electron chi connectivity index (χ3n) is 4.40. The highest BCUT2D eigenvalue weighted by Gasteiger charge is 2.27. The minimum Gasteiger partial charge on any atom is -0.383 e. The summed E-state index contributed by atoms with van der Waals surface area (Å²) in [5.74, 6) is 0.890. The molecule has 1 aromatic carbocycles. The molecule has 0 unspecified atom stereocenters. The van der Waals surface area contributed by atoms with E-state index in [4.69, 9.17) is 16.3 Å². The first-order valence-corrected chi connectivity index (χ1v) is 9.89. The van der Waals surface area contributed by atoms with E-state index in [-0.39, 0.29) is 11.8 Å². The van der Waals surface area contributed by atoms with Crippen LogP contribution >= 0.6 is 23.1 Å². The lowest BCUT2D eigenvalue weighted by Gasteiger charge is -2.31. The van der Waals surface area contributed by atoms with Gasteiger partial charge >= 0.3 is 0 Å². The molecule has 6 nitrogen and oxygen atoms in total. The first kappa shape index (κ1) is 19.1. The molecule has 1 N–H and O–H groups in total. The van der Waals surface area contributed by atoms with Crippen molar-refractivity contribution in [1.82, 2.24) is 14.7 Å². The van der Waals surface area contributed by atoms with Crippen molar-refractivity contribution in [2.24, 2.45) is 5.92 Å². The molecule has 8 heteroatoms. The van der Waals surface area contributed by atoms with Crippen LogP contribution in [0.4, 0.5) is 5.13 Å². The minimum atomic E-state index is -0.00998. The lowest BCUT2D eigenvalue weighted by atomic mass is 9.97. The van der Waals surface area contributed by atoms with Gasteiger partial charge in [-0.2, -0.15) is 4.37 Å². The van der Waals surface area contributed by atoms with Gasteiger partial charge in [0.15, 0.2) is 0 Å². The molecule has 0 spiro atoms. The molecule has 0 bridgehead atoms. The summed E-state index contributed by atoms with van der Waals surface area (Å²) >= 11 is 7.32. The number of anilines is 1. The summed E-state index contributed by atoms with van der Waals surface area (Å²) in [4.78, 5) is 19.1. The Bertz CT molecular complexity index is 722. The lowest BCUT2D eigenvalue weighted by molar-refractivity contribution is -0.125. The molecule has 1 atom stereocenters. The standard InChI is InChI=1S/C18H23ClN4O2S/c1-25-10-8-20-17(24)14-3-2-9-23(12-14)18-21-16(22-26-18)11-13-4-6-15(19)7-5-13/h4-7,14H,2-3,8-12H2,1H3,(H,20,24)/t14-/m0/s1. The van der Waals surface area contributed by atoms with Gasteiger partial charge in [-0.3, -0.25) is 4.79 Å². The van der Waals surface area contributed by atoms with E-state index in [2.05, 4.69) is 19.6 Å². The van der Waals surface area contributed by atoms with Crippen LogP contribution in [0.15, 0.2) is 24.3 Å². The van der Waals surface area contributed by atoms with E-state index < -0.39 is 0 Å². The second kappa shape index (κ2) is 9.30. The van der Waals surface area contributed by atoms with Crippen LogP contribution in [0, 0.1) is 5.92 Å². The first-order chi connectivity index (χ1) is 12.7. The fourth-order valence-corrected chi connectivity index (χ4v) is 3.86. The van der Waals surface area contributed by atoms with Gasteiger partial charge in [0.1, 0.15) is 5.82 Å². The summed E-state index contributed by atoms with van der Waals surface area (Å²) < 4.78 is 9.46. The number of benzene rings is 1. The van der Waals surface area contributed by atoms with Crippen molar-refractivity contribution in [3.63, 3.8) is 0 Å². The van der Waals surface area contributed by atoms with Crippen LogP contribution in [0.25, 0.3) is 0 Å².